The molecule has 0 saturated heterocycles. The molecule has 0 atom stereocenters. The number of benzene rings is 2. The van der Waals surface area contributed by atoms with Crippen LogP contribution >= 0.6 is 0 Å². The minimum Gasteiger partial charge on any atom is -0.320 e. The third-order valence-corrected chi connectivity index (χ3v) is 4.08. The van der Waals surface area contributed by atoms with Crippen LogP contribution in [0.5, 0.6) is 0 Å². The van der Waals surface area contributed by atoms with Gasteiger partial charge in [-0.3, -0.25) is 4.79 Å². The monoisotopic (exact) mass is 339 g/mol. The van der Waals surface area contributed by atoms with Crippen molar-refractivity contribution in [3.05, 3.63) is 77.6 Å². The molecule has 1 aliphatic carbocycles. The third kappa shape index (κ3) is 3.28. The van der Waals surface area contributed by atoms with E-state index in [1.807, 2.05) is 30.3 Å². The molecule has 126 valence electrons. The molecule has 0 unspecified atom stereocenters. The van der Waals surface area contributed by atoms with E-state index in [0.29, 0.717) is 11.6 Å². The van der Waals surface area contributed by atoms with Gasteiger partial charge >= 0.3 is 0 Å². The van der Waals surface area contributed by atoms with E-state index < -0.39 is 17.5 Å². The Hall–Kier alpha value is -3.02. The molecule has 6 heteroatoms. The van der Waals surface area contributed by atoms with Crippen LogP contribution in [0.25, 0.3) is 5.69 Å². The van der Waals surface area contributed by atoms with Crippen molar-refractivity contribution >= 4 is 11.6 Å². The van der Waals surface area contributed by atoms with Gasteiger partial charge < -0.3 is 5.32 Å². The second-order valence-electron chi connectivity index (χ2n) is 6.09. The Morgan fingerprint density at radius 1 is 1.04 bits per heavy atom. The fraction of sp³-hybridized carbons (Fsp3) is 0.158. The lowest BCUT2D eigenvalue weighted by Crippen LogP contribution is -2.17. The van der Waals surface area contributed by atoms with E-state index in [0.717, 1.165) is 42.4 Å². The van der Waals surface area contributed by atoms with Crippen LogP contribution in [0.1, 0.15) is 34.9 Å². The van der Waals surface area contributed by atoms with Gasteiger partial charge in [0.1, 0.15) is 17.3 Å². The molecule has 4 rings (SSSR count). The van der Waals surface area contributed by atoms with Crippen molar-refractivity contribution < 1.29 is 13.6 Å². The number of halogens is 2. The maximum absolute atomic E-state index is 13.3. The summed E-state index contributed by atoms with van der Waals surface area (Å²) in [7, 11) is 0. The Balaban J connectivity index is 1.69. The second-order valence-corrected chi connectivity index (χ2v) is 6.09. The molecule has 1 fully saturated rings. The fourth-order valence-electron chi connectivity index (χ4n) is 2.73. The third-order valence-electron chi connectivity index (χ3n) is 4.08. The van der Waals surface area contributed by atoms with Crippen LogP contribution in [-0.4, -0.2) is 15.7 Å². The summed E-state index contributed by atoms with van der Waals surface area (Å²) < 4.78 is 28.2. The maximum atomic E-state index is 13.3. The number of para-hydroxylation sites is 1. The number of rotatable bonds is 4. The number of hydrogen-bond acceptors (Lipinski definition) is 2. The summed E-state index contributed by atoms with van der Waals surface area (Å²) in [5, 5.41) is 7.09. The molecule has 1 saturated carbocycles. The van der Waals surface area contributed by atoms with Crippen molar-refractivity contribution in [3.63, 3.8) is 0 Å². The summed E-state index contributed by atoms with van der Waals surface area (Å²) in [6, 6.07) is 14.0. The van der Waals surface area contributed by atoms with Gasteiger partial charge in [0.05, 0.1) is 11.4 Å². The van der Waals surface area contributed by atoms with Gasteiger partial charge in [-0.2, -0.15) is 5.10 Å². The summed E-state index contributed by atoms with van der Waals surface area (Å²) in [6.07, 6.45) is 2.12. The zero-order valence-corrected chi connectivity index (χ0v) is 13.2. The predicted octanol–water partition coefficient (Wildman–Crippen LogP) is 4.28. The lowest BCUT2D eigenvalue weighted by atomic mass is 10.2. The quantitative estimate of drug-likeness (QED) is 0.771. The molecule has 0 radical (unpaired) electrons. The van der Waals surface area contributed by atoms with Crippen LogP contribution in [0.4, 0.5) is 14.5 Å². The first-order valence-electron chi connectivity index (χ1n) is 8.03. The summed E-state index contributed by atoms with van der Waals surface area (Å²) in [6.45, 7) is 0. The molecule has 1 amide bonds. The van der Waals surface area contributed by atoms with Crippen LogP contribution in [0.2, 0.25) is 0 Å². The second kappa shape index (κ2) is 6.12. The van der Waals surface area contributed by atoms with Crippen LogP contribution in [0.3, 0.4) is 0 Å². The molecule has 4 nitrogen and oxygen atoms in total. The highest BCUT2D eigenvalue weighted by Crippen LogP contribution is 2.39. The first-order chi connectivity index (χ1) is 12.1. The first-order valence-corrected chi connectivity index (χ1v) is 8.03. The topological polar surface area (TPSA) is 46.9 Å². The minimum atomic E-state index is -0.745. The van der Waals surface area contributed by atoms with Crippen molar-refractivity contribution in [1.29, 1.82) is 0 Å². The zero-order chi connectivity index (χ0) is 17.4. The van der Waals surface area contributed by atoms with E-state index in [2.05, 4.69) is 10.4 Å². The van der Waals surface area contributed by atoms with Crippen molar-refractivity contribution in [1.82, 2.24) is 9.78 Å². The molecular weight excluding hydrogens is 324 g/mol. The van der Waals surface area contributed by atoms with Crippen LogP contribution in [0.15, 0.2) is 54.6 Å². The molecule has 0 aliphatic heterocycles. The van der Waals surface area contributed by atoms with Crippen molar-refractivity contribution in [3.8, 4) is 5.69 Å². The molecular formula is C19H15F2N3O. The Labute approximate surface area is 143 Å². The zero-order valence-electron chi connectivity index (χ0n) is 13.2. The predicted molar refractivity (Wildman–Crippen MR) is 89.9 cm³/mol. The number of aromatic nitrogens is 2. The molecule has 2 aromatic carbocycles. The SMILES string of the molecule is O=C(Nc1cc(F)cc(F)c1)c1cc(C2CC2)nn1-c1ccccc1. The molecule has 3 aromatic rings. The number of anilines is 1. The Morgan fingerprint density at radius 2 is 1.72 bits per heavy atom. The van der Waals surface area contributed by atoms with Crippen molar-refractivity contribution in [2.45, 2.75) is 18.8 Å². The lowest BCUT2D eigenvalue weighted by Gasteiger charge is -2.08. The number of nitrogens with one attached hydrogen (secondary N) is 1. The van der Waals surface area contributed by atoms with Gasteiger partial charge in [-0.15, -0.1) is 0 Å². The van der Waals surface area contributed by atoms with Crippen LogP contribution < -0.4 is 5.32 Å². The fourth-order valence-corrected chi connectivity index (χ4v) is 2.73. The van der Waals surface area contributed by atoms with Gasteiger partial charge in [-0.1, -0.05) is 18.2 Å². The van der Waals surface area contributed by atoms with Gasteiger partial charge in [0, 0.05) is 17.7 Å². The number of amides is 1. The molecule has 1 heterocycles. The van der Waals surface area contributed by atoms with E-state index in [-0.39, 0.29) is 5.69 Å². The largest absolute Gasteiger partial charge is 0.320 e. The molecule has 1 N–H and O–H groups in total. The van der Waals surface area contributed by atoms with Crippen molar-refractivity contribution in [2.24, 2.45) is 0 Å². The number of carbonyl (C=O) groups excluding carboxylic acids is 1. The van der Waals surface area contributed by atoms with Gasteiger partial charge in [0.25, 0.3) is 5.91 Å². The highest BCUT2D eigenvalue weighted by Gasteiger charge is 2.29. The van der Waals surface area contributed by atoms with Gasteiger partial charge in [-0.25, -0.2) is 13.5 Å². The van der Waals surface area contributed by atoms with Gasteiger partial charge in [0.2, 0.25) is 0 Å². The van der Waals surface area contributed by atoms with E-state index in [9.17, 15) is 13.6 Å². The average molecular weight is 339 g/mol. The minimum absolute atomic E-state index is 0.0660. The Morgan fingerprint density at radius 3 is 2.36 bits per heavy atom. The Kier molecular flexibility index (Phi) is 3.80. The summed E-state index contributed by atoms with van der Waals surface area (Å²) in [4.78, 5) is 12.7. The summed E-state index contributed by atoms with van der Waals surface area (Å²) in [5.41, 5.74) is 2.01. The average Bonchev–Trinajstić information content (AvgIpc) is 3.33. The van der Waals surface area contributed by atoms with Crippen LogP contribution in [-0.2, 0) is 0 Å². The van der Waals surface area contributed by atoms with E-state index >= 15 is 0 Å². The first kappa shape index (κ1) is 15.5. The number of hydrogen-bond donors (Lipinski definition) is 1. The summed E-state index contributed by atoms with van der Waals surface area (Å²) in [5.74, 6) is -1.58. The number of carbonyl (C=O) groups is 1. The molecule has 25 heavy (non-hydrogen) atoms. The molecule has 1 aromatic heterocycles. The normalized spacial score (nSPS) is 13.7. The van der Waals surface area contributed by atoms with Crippen LogP contribution in [0, 0.1) is 11.6 Å². The highest BCUT2D eigenvalue weighted by molar-refractivity contribution is 6.03. The summed E-state index contributed by atoms with van der Waals surface area (Å²) >= 11 is 0. The van der Waals surface area contributed by atoms with Crippen molar-refractivity contribution in [2.75, 3.05) is 5.32 Å². The van der Waals surface area contributed by atoms with Gasteiger partial charge in [0.15, 0.2) is 0 Å². The lowest BCUT2D eigenvalue weighted by molar-refractivity contribution is 0.101. The van der Waals surface area contributed by atoms with E-state index in [4.69, 9.17) is 0 Å². The Bertz CT molecular complexity index is 913. The highest BCUT2D eigenvalue weighted by atomic mass is 19.1. The van der Waals surface area contributed by atoms with E-state index in [1.165, 1.54) is 0 Å². The van der Waals surface area contributed by atoms with Gasteiger partial charge in [-0.05, 0) is 43.2 Å². The molecule has 1 aliphatic rings. The molecule has 0 bridgehead atoms. The maximum Gasteiger partial charge on any atom is 0.274 e. The number of nitrogens with zero attached hydrogens (tertiary/aromatic N) is 2. The van der Waals surface area contributed by atoms with E-state index in [1.54, 1.807) is 10.7 Å². The molecule has 0 spiro atoms. The smallest absolute Gasteiger partial charge is 0.274 e. The standard InChI is InChI=1S/C19H15F2N3O/c20-13-8-14(21)10-15(9-13)22-19(25)18-11-17(12-6-7-12)23-24(18)16-4-2-1-3-5-16/h1-5,8-12H,6-7H2,(H,22,25).